The molecule has 0 amide bonds. The predicted molar refractivity (Wildman–Crippen MR) is 57.3 cm³/mol. The maximum atomic E-state index is 10.7. The van der Waals surface area contributed by atoms with Crippen LogP contribution in [0, 0.1) is 5.92 Å². The number of hydrogen-bond donors (Lipinski definition) is 2. The van der Waals surface area contributed by atoms with Crippen molar-refractivity contribution in [1.82, 2.24) is 5.32 Å². The lowest BCUT2D eigenvalue weighted by Gasteiger charge is -2.27. The number of rotatable bonds is 6. The summed E-state index contributed by atoms with van der Waals surface area (Å²) in [4.78, 5) is 0. The third kappa shape index (κ3) is 6.18. The van der Waals surface area contributed by atoms with Crippen LogP contribution in [-0.4, -0.2) is 40.0 Å². The van der Waals surface area contributed by atoms with Gasteiger partial charge in [0.25, 0.3) is 0 Å². The van der Waals surface area contributed by atoms with Crippen LogP contribution in [0.3, 0.4) is 0 Å². The largest absolute Gasteiger partial charge is 0.389 e. The van der Waals surface area contributed by atoms with E-state index in [1.165, 1.54) is 0 Å². The zero-order chi connectivity index (χ0) is 10.5. The minimum absolute atomic E-state index is 0.229. The smallest absolute Gasteiger partial charge is 0.0766 e. The Morgan fingerprint density at radius 2 is 2.08 bits per heavy atom. The zero-order valence-electron chi connectivity index (χ0n) is 8.96. The van der Waals surface area contributed by atoms with Gasteiger partial charge in [0, 0.05) is 35.9 Å². The first-order valence-electron chi connectivity index (χ1n) is 4.59. The standard InChI is InChI=1S/C9H21NO2S/c1-8(2)9(3,11)7-10-5-6-13(4)12/h8,10-11H,5-7H2,1-4H3. The van der Waals surface area contributed by atoms with Crippen molar-refractivity contribution in [2.24, 2.45) is 5.92 Å². The molecule has 2 N–H and O–H groups in total. The molecule has 0 aliphatic heterocycles. The van der Waals surface area contributed by atoms with Crippen molar-refractivity contribution >= 4 is 10.8 Å². The van der Waals surface area contributed by atoms with Crippen LogP contribution in [0.4, 0.5) is 0 Å². The Labute approximate surface area is 83.4 Å². The highest BCUT2D eigenvalue weighted by Crippen LogP contribution is 2.13. The third-order valence-electron chi connectivity index (χ3n) is 2.29. The topological polar surface area (TPSA) is 49.3 Å². The van der Waals surface area contributed by atoms with E-state index in [1.807, 2.05) is 20.8 Å². The minimum atomic E-state index is -0.749. The Kier molecular flexibility index (Phi) is 5.76. The fourth-order valence-electron chi connectivity index (χ4n) is 0.761. The molecule has 0 heterocycles. The highest BCUT2D eigenvalue weighted by atomic mass is 32.2. The molecule has 0 saturated carbocycles. The summed E-state index contributed by atoms with van der Waals surface area (Å²) in [6.07, 6.45) is 1.68. The average molecular weight is 207 g/mol. The van der Waals surface area contributed by atoms with Crippen molar-refractivity contribution in [3.8, 4) is 0 Å². The van der Waals surface area contributed by atoms with Gasteiger partial charge in [0.2, 0.25) is 0 Å². The van der Waals surface area contributed by atoms with Crippen LogP contribution in [0.15, 0.2) is 0 Å². The van der Waals surface area contributed by atoms with Gasteiger partial charge in [0.05, 0.1) is 5.60 Å². The highest BCUT2D eigenvalue weighted by molar-refractivity contribution is 7.84. The molecule has 2 atom stereocenters. The van der Waals surface area contributed by atoms with Gasteiger partial charge in [0.1, 0.15) is 0 Å². The van der Waals surface area contributed by atoms with Gasteiger partial charge in [-0.25, -0.2) is 0 Å². The van der Waals surface area contributed by atoms with E-state index in [0.29, 0.717) is 18.8 Å². The van der Waals surface area contributed by atoms with E-state index in [-0.39, 0.29) is 5.92 Å². The van der Waals surface area contributed by atoms with E-state index in [0.717, 1.165) is 0 Å². The van der Waals surface area contributed by atoms with Gasteiger partial charge in [-0.15, -0.1) is 0 Å². The summed E-state index contributed by atoms with van der Waals surface area (Å²) in [5, 5.41) is 12.9. The van der Waals surface area contributed by atoms with E-state index in [9.17, 15) is 9.32 Å². The molecular formula is C9H21NO2S. The van der Waals surface area contributed by atoms with Gasteiger partial charge in [-0.05, 0) is 12.8 Å². The van der Waals surface area contributed by atoms with Gasteiger partial charge in [0.15, 0.2) is 0 Å². The first-order chi connectivity index (χ1) is 5.86. The lowest BCUT2D eigenvalue weighted by Crippen LogP contribution is -2.43. The quantitative estimate of drug-likeness (QED) is 0.618. The monoisotopic (exact) mass is 207 g/mol. The Morgan fingerprint density at radius 1 is 1.54 bits per heavy atom. The summed E-state index contributed by atoms with van der Waals surface area (Å²) in [6.45, 7) is 7.04. The highest BCUT2D eigenvalue weighted by Gasteiger charge is 2.23. The first-order valence-corrected chi connectivity index (χ1v) is 6.32. The van der Waals surface area contributed by atoms with E-state index < -0.39 is 16.4 Å². The van der Waals surface area contributed by atoms with Crippen molar-refractivity contribution in [3.05, 3.63) is 0 Å². The van der Waals surface area contributed by atoms with Gasteiger partial charge < -0.3 is 10.4 Å². The molecule has 0 bridgehead atoms. The molecule has 80 valence electrons. The number of nitrogens with one attached hydrogen (secondary N) is 1. The molecule has 2 unspecified atom stereocenters. The molecule has 0 aromatic rings. The Hall–Kier alpha value is 0.0700. The average Bonchev–Trinajstić information content (AvgIpc) is 1.97. The second kappa shape index (κ2) is 5.73. The Balaban J connectivity index is 3.58. The fraction of sp³-hybridized carbons (Fsp3) is 1.00. The predicted octanol–water partition coefficient (Wildman–Crippen LogP) is 0.362. The fourth-order valence-corrected chi connectivity index (χ4v) is 1.19. The summed E-state index contributed by atoms with van der Waals surface area (Å²) in [7, 11) is -0.749. The van der Waals surface area contributed by atoms with Crippen molar-refractivity contribution in [2.45, 2.75) is 26.4 Å². The summed E-state index contributed by atoms with van der Waals surface area (Å²) in [5.41, 5.74) is -0.671. The van der Waals surface area contributed by atoms with Gasteiger partial charge in [-0.1, -0.05) is 13.8 Å². The molecule has 4 heteroatoms. The molecule has 0 aliphatic carbocycles. The van der Waals surface area contributed by atoms with Crippen molar-refractivity contribution in [1.29, 1.82) is 0 Å². The number of aliphatic hydroxyl groups is 1. The minimum Gasteiger partial charge on any atom is -0.389 e. The maximum Gasteiger partial charge on any atom is 0.0766 e. The van der Waals surface area contributed by atoms with Crippen LogP contribution in [0.5, 0.6) is 0 Å². The van der Waals surface area contributed by atoms with E-state index in [4.69, 9.17) is 0 Å². The van der Waals surface area contributed by atoms with Crippen LogP contribution in [0.2, 0.25) is 0 Å². The van der Waals surface area contributed by atoms with E-state index in [1.54, 1.807) is 6.26 Å². The van der Waals surface area contributed by atoms with Crippen LogP contribution in [-0.2, 0) is 10.8 Å². The van der Waals surface area contributed by atoms with Crippen molar-refractivity contribution in [2.75, 3.05) is 25.1 Å². The molecule has 0 radical (unpaired) electrons. The molecule has 0 fully saturated rings. The normalized spacial score (nSPS) is 18.6. The molecule has 0 aromatic heterocycles. The molecule has 0 aromatic carbocycles. The molecule has 0 saturated heterocycles. The van der Waals surface area contributed by atoms with Gasteiger partial charge in [-0.3, -0.25) is 4.21 Å². The van der Waals surface area contributed by atoms with Crippen LogP contribution in [0.1, 0.15) is 20.8 Å². The third-order valence-corrected chi connectivity index (χ3v) is 3.07. The number of hydrogen-bond acceptors (Lipinski definition) is 3. The summed E-state index contributed by atoms with van der Waals surface area (Å²) in [5.74, 6) is 0.876. The lowest BCUT2D eigenvalue weighted by molar-refractivity contribution is 0.0148. The molecule has 0 spiro atoms. The molecule has 0 rings (SSSR count). The molecule has 13 heavy (non-hydrogen) atoms. The van der Waals surface area contributed by atoms with E-state index >= 15 is 0 Å². The summed E-state index contributed by atoms with van der Waals surface area (Å²) < 4.78 is 10.7. The zero-order valence-corrected chi connectivity index (χ0v) is 9.78. The molecule has 3 nitrogen and oxygen atoms in total. The van der Waals surface area contributed by atoms with Crippen molar-refractivity contribution in [3.63, 3.8) is 0 Å². The second-order valence-electron chi connectivity index (χ2n) is 3.97. The summed E-state index contributed by atoms with van der Waals surface area (Å²) in [6, 6.07) is 0. The Bertz CT molecular complexity index is 169. The van der Waals surface area contributed by atoms with Gasteiger partial charge >= 0.3 is 0 Å². The maximum absolute atomic E-state index is 10.7. The van der Waals surface area contributed by atoms with Crippen LogP contribution in [0.25, 0.3) is 0 Å². The van der Waals surface area contributed by atoms with Crippen LogP contribution >= 0.6 is 0 Å². The second-order valence-corrected chi connectivity index (χ2v) is 5.52. The lowest BCUT2D eigenvalue weighted by atomic mass is 9.93. The van der Waals surface area contributed by atoms with Crippen molar-refractivity contribution < 1.29 is 9.32 Å². The van der Waals surface area contributed by atoms with Crippen LogP contribution < -0.4 is 5.32 Å². The van der Waals surface area contributed by atoms with Gasteiger partial charge in [-0.2, -0.15) is 0 Å². The SMILES string of the molecule is CC(C)C(C)(O)CNCCS(C)=O. The Morgan fingerprint density at radius 3 is 2.46 bits per heavy atom. The molecule has 0 aliphatic rings. The first kappa shape index (κ1) is 13.1. The summed E-state index contributed by atoms with van der Waals surface area (Å²) >= 11 is 0. The van der Waals surface area contributed by atoms with E-state index in [2.05, 4.69) is 5.32 Å². The molecular weight excluding hydrogens is 186 g/mol.